The highest BCUT2D eigenvalue weighted by atomic mass is 35.5. The lowest BCUT2D eigenvalue weighted by Crippen LogP contribution is -2.53. The minimum absolute atomic E-state index is 0.138. The molecule has 0 atom stereocenters. The molecule has 1 aliphatic carbocycles. The van der Waals surface area contributed by atoms with Crippen LogP contribution in [0.15, 0.2) is 41.0 Å². The number of nitrogens with zero attached hydrogens (tertiary/aromatic N) is 3. The van der Waals surface area contributed by atoms with Gasteiger partial charge in [0, 0.05) is 36.8 Å². The summed E-state index contributed by atoms with van der Waals surface area (Å²) in [5.74, 6) is -1.01. The van der Waals surface area contributed by atoms with E-state index in [0.717, 1.165) is 0 Å². The van der Waals surface area contributed by atoms with Crippen LogP contribution in [-0.4, -0.2) is 65.2 Å². The summed E-state index contributed by atoms with van der Waals surface area (Å²) in [6, 6.07) is 4.40. The summed E-state index contributed by atoms with van der Waals surface area (Å²) in [5.41, 5.74) is -0.0636. The summed E-state index contributed by atoms with van der Waals surface area (Å²) in [7, 11) is 0. The van der Waals surface area contributed by atoms with Crippen LogP contribution in [0.25, 0.3) is 5.57 Å². The van der Waals surface area contributed by atoms with Crippen molar-refractivity contribution >= 4 is 35.7 Å². The first-order chi connectivity index (χ1) is 13.7. The number of hydrogen-bond donors (Lipinski definition) is 1. The lowest BCUT2D eigenvalue weighted by Gasteiger charge is -2.35. The van der Waals surface area contributed by atoms with Crippen molar-refractivity contribution < 1.29 is 19.1 Å². The molecule has 2 amide bonds. The average molecular weight is 420 g/mol. The Morgan fingerprint density at radius 1 is 1.21 bits per heavy atom. The monoisotopic (exact) mass is 419 g/mol. The SMILES string of the molecule is C=N/C(=C\C=C(/C)c1ccc(Cl)cc1F)C(=O)N1CCN(C(=O)C2(O)CC2)CC1. The fourth-order valence-corrected chi connectivity index (χ4v) is 3.35. The Morgan fingerprint density at radius 2 is 1.83 bits per heavy atom. The maximum absolute atomic E-state index is 14.0. The minimum Gasteiger partial charge on any atom is -0.380 e. The van der Waals surface area contributed by atoms with E-state index in [0.29, 0.717) is 55.2 Å². The second-order valence-corrected chi connectivity index (χ2v) is 7.74. The normalized spacial score (nSPS) is 19.2. The summed E-state index contributed by atoms with van der Waals surface area (Å²) in [4.78, 5) is 31.9. The van der Waals surface area contributed by atoms with E-state index in [2.05, 4.69) is 11.7 Å². The zero-order chi connectivity index (χ0) is 21.2. The van der Waals surface area contributed by atoms with Gasteiger partial charge in [0.2, 0.25) is 0 Å². The topological polar surface area (TPSA) is 73.2 Å². The van der Waals surface area contributed by atoms with Crippen LogP contribution in [-0.2, 0) is 9.59 Å². The standard InChI is InChI=1S/C21H23ClFN3O3/c1-14(16-5-4-15(22)13-17(16)23)3-6-18(24-2)19(27)25-9-11-26(12-10-25)20(28)21(29)7-8-21/h3-6,13,29H,2,7-12H2,1H3/b14-3+,18-6-. The molecule has 29 heavy (non-hydrogen) atoms. The van der Waals surface area contributed by atoms with Crippen molar-refractivity contribution in [3.63, 3.8) is 0 Å². The van der Waals surface area contributed by atoms with E-state index in [1.807, 2.05) is 0 Å². The van der Waals surface area contributed by atoms with Gasteiger partial charge in [0.15, 0.2) is 0 Å². The van der Waals surface area contributed by atoms with Gasteiger partial charge in [-0.2, -0.15) is 0 Å². The summed E-state index contributed by atoms with van der Waals surface area (Å²) < 4.78 is 14.0. The molecule has 3 rings (SSSR count). The largest absolute Gasteiger partial charge is 0.380 e. The number of carbonyl (C=O) groups excluding carboxylic acids is 2. The summed E-state index contributed by atoms with van der Waals surface area (Å²) >= 11 is 5.77. The van der Waals surface area contributed by atoms with Gasteiger partial charge in [-0.1, -0.05) is 23.7 Å². The average Bonchev–Trinajstić information content (AvgIpc) is 3.46. The molecule has 6 nitrogen and oxygen atoms in total. The summed E-state index contributed by atoms with van der Waals surface area (Å²) in [5, 5.41) is 10.3. The van der Waals surface area contributed by atoms with Crippen molar-refractivity contribution in [3.05, 3.63) is 52.5 Å². The first-order valence-electron chi connectivity index (χ1n) is 9.37. The zero-order valence-electron chi connectivity index (χ0n) is 16.2. The van der Waals surface area contributed by atoms with E-state index in [1.54, 1.807) is 34.9 Å². The highest BCUT2D eigenvalue weighted by Crippen LogP contribution is 2.37. The van der Waals surface area contributed by atoms with Crippen molar-refractivity contribution in [2.45, 2.75) is 25.4 Å². The molecule has 1 aromatic rings. The lowest BCUT2D eigenvalue weighted by atomic mass is 10.1. The van der Waals surface area contributed by atoms with Crippen molar-refractivity contribution in [2.24, 2.45) is 4.99 Å². The van der Waals surface area contributed by atoms with Gasteiger partial charge >= 0.3 is 0 Å². The summed E-state index contributed by atoms with van der Waals surface area (Å²) in [6.45, 7) is 6.60. The molecular formula is C21H23ClFN3O3. The van der Waals surface area contributed by atoms with Crippen LogP contribution >= 0.6 is 11.6 Å². The first-order valence-corrected chi connectivity index (χ1v) is 9.75. The van der Waals surface area contributed by atoms with Gasteiger partial charge in [-0.15, -0.1) is 0 Å². The maximum atomic E-state index is 14.0. The molecule has 154 valence electrons. The van der Waals surface area contributed by atoms with E-state index in [9.17, 15) is 19.1 Å². The molecule has 1 saturated carbocycles. The number of hydrogen-bond acceptors (Lipinski definition) is 4. The van der Waals surface area contributed by atoms with E-state index in [1.165, 1.54) is 12.1 Å². The van der Waals surface area contributed by atoms with Crippen molar-refractivity contribution in [1.29, 1.82) is 0 Å². The number of benzene rings is 1. The predicted octanol–water partition coefficient (Wildman–Crippen LogP) is 2.66. The Kier molecular flexibility index (Phi) is 6.19. The molecule has 2 fully saturated rings. The smallest absolute Gasteiger partial charge is 0.272 e. The number of halogens is 2. The molecule has 1 aromatic carbocycles. The minimum atomic E-state index is -1.20. The predicted molar refractivity (Wildman–Crippen MR) is 110 cm³/mol. The second kappa shape index (κ2) is 8.47. The number of amides is 2. The van der Waals surface area contributed by atoms with Crippen LogP contribution in [0.3, 0.4) is 0 Å². The van der Waals surface area contributed by atoms with E-state index < -0.39 is 11.4 Å². The lowest BCUT2D eigenvalue weighted by molar-refractivity contribution is -0.146. The molecule has 1 heterocycles. The quantitative estimate of drug-likeness (QED) is 0.453. The number of piperazine rings is 1. The molecule has 1 aliphatic heterocycles. The van der Waals surface area contributed by atoms with Crippen LogP contribution in [0.1, 0.15) is 25.3 Å². The van der Waals surface area contributed by atoms with Gasteiger partial charge in [-0.05, 0) is 50.3 Å². The summed E-state index contributed by atoms with van der Waals surface area (Å²) in [6.07, 6.45) is 4.11. The Morgan fingerprint density at radius 3 is 2.38 bits per heavy atom. The van der Waals surface area contributed by atoms with Gasteiger partial charge in [0.1, 0.15) is 17.1 Å². The van der Waals surface area contributed by atoms with Crippen LogP contribution in [0.5, 0.6) is 0 Å². The molecule has 0 spiro atoms. The van der Waals surface area contributed by atoms with Gasteiger partial charge in [-0.25, -0.2) is 4.39 Å². The Hall–Kier alpha value is -2.51. The van der Waals surface area contributed by atoms with Gasteiger partial charge in [0.25, 0.3) is 11.8 Å². The third-order valence-corrected chi connectivity index (χ3v) is 5.45. The number of allylic oxidation sites excluding steroid dienone is 3. The highest BCUT2D eigenvalue weighted by molar-refractivity contribution is 6.30. The highest BCUT2D eigenvalue weighted by Gasteiger charge is 2.50. The van der Waals surface area contributed by atoms with Crippen LogP contribution in [0, 0.1) is 5.82 Å². The molecule has 0 bridgehead atoms. The van der Waals surface area contributed by atoms with Crippen LogP contribution in [0.4, 0.5) is 4.39 Å². The molecular weight excluding hydrogens is 397 g/mol. The molecule has 0 aromatic heterocycles. The second-order valence-electron chi connectivity index (χ2n) is 7.30. The van der Waals surface area contributed by atoms with Crippen molar-refractivity contribution in [3.8, 4) is 0 Å². The number of carbonyl (C=O) groups is 2. The van der Waals surface area contributed by atoms with Gasteiger partial charge in [0.05, 0.1) is 0 Å². The van der Waals surface area contributed by atoms with Gasteiger partial charge in [-0.3, -0.25) is 14.6 Å². The molecule has 2 aliphatic rings. The van der Waals surface area contributed by atoms with Crippen molar-refractivity contribution in [2.75, 3.05) is 26.2 Å². The third-order valence-electron chi connectivity index (χ3n) is 5.21. The Balaban J connectivity index is 1.65. The molecule has 8 heteroatoms. The number of rotatable bonds is 5. The van der Waals surface area contributed by atoms with Gasteiger partial charge < -0.3 is 14.9 Å². The molecule has 0 radical (unpaired) electrons. The van der Waals surface area contributed by atoms with E-state index in [-0.39, 0.29) is 17.5 Å². The van der Waals surface area contributed by atoms with Crippen LogP contribution < -0.4 is 0 Å². The fraction of sp³-hybridized carbons (Fsp3) is 0.381. The molecule has 0 unspecified atom stereocenters. The van der Waals surface area contributed by atoms with Crippen molar-refractivity contribution in [1.82, 2.24) is 9.80 Å². The van der Waals surface area contributed by atoms with E-state index in [4.69, 9.17) is 11.6 Å². The fourth-order valence-electron chi connectivity index (χ4n) is 3.20. The molecule has 1 saturated heterocycles. The Labute approximate surface area is 174 Å². The van der Waals surface area contributed by atoms with Crippen LogP contribution in [0.2, 0.25) is 5.02 Å². The third kappa shape index (κ3) is 4.74. The number of aliphatic hydroxyl groups is 1. The van der Waals surface area contributed by atoms with E-state index >= 15 is 0 Å². The maximum Gasteiger partial charge on any atom is 0.272 e. The Bertz CT molecular complexity index is 900. The zero-order valence-corrected chi connectivity index (χ0v) is 17.0. The number of aliphatic imine (C=N–C) groups is 1. The molecule has 1 N–H and O–H groups in total. The first kappa shape index (κ1) is 21.2.